The summed E-state index contributed by atoms with van der Waals surface area (Å²) in [6, 6.07) is 3.58. The zero-order chi connectivity index (χ0) is 31.7. The normalized spacial score (nSPS) is 20.9. The number of carbonyl (C=O) groups is 2. The molecule has 0 aromatic carbocycles. The smallest absolute Gasteiger partial charge is 0.410 e. The SMILES string of the molecule is CC(C)(C)OC(=O)N1CCN(C2CCC(n3cc(Nc4coc(-c5ccnc(NCC6CC6)c5)n4)c(C(F)F)n3)CC2)C(=O)C1. The Hall–Kier alpha value is -4.23. The molecule has 3 fully saturated rings. The number of halogens is 2. The average molecular weight is 627 g/mol. The van der Waals surface area contributed by atoms with Crippen LogP contribution in [0.3, 0.4) is 0 Å². The topological polar surface area (TPSA) is 131 Å². The number of oxazole rings is 1. The predicted molar refractivity (Wildman–Crippen MR) is 162 cm³/mol. The van der Waals surface area contributed by atoms with Crippen LogP contribution in [0.25, 0.3) is 11.5 Å². The Balaban J connectivity index is 1.06. The fraction of sp³-hybridized carbons (Fsp3) is 0.581. The molecule has 4 heterocycles. The largest absolute Gasteiger partial charge is 0.444 e. The monoisotopic (exact) mass is 626 g/mol. The van der Waals surface area contributed by atoms with E-state index in [1.165, 1.54) is 24.0 Å². The van der Waals surface area contributed by atoms with Crippen molar-refractivity contribution in [3.63, 3.8) is 0 Å². The summed E-state index contributed by atoms with van der Waals surface area (Å²) in [5.74, 6) is 1.97. The van der Waals surface area contributed by atoms with E-state index in [1.54, 1.807) is 43.9 Å². The van der Waals surface area contributed by atoms with E-state index in [1.807, 2.05) is 11.0 Å². The van der Waals surface area contributed by atoms with E-state index < -0.39 is 18.1 Å². The number of carbonyl (C=O) groups excluding carboxylic acids is 2. The summed E-state index contributed by atoms with van der Waals surface area (Å²) in [5, 5.41) is 10.5. The van der Waals surface area contributed by atoms with E-state index in [0.717, 1.165) is 17.9 Å². The Bertz CT molecular complexity index is 1510. The minimum atomic E-state index is -2.78. The standard InChI is InChI=1S/C31H40F2N8O4/c1-31(2,3)45-30(43)39-12-13-40(26(42)17-39)21-6-8-22(9-7-21)41-16-23(27(38-41)28(32)33)36-25-18-44-29(37-25)20-10-11-34-24(14-20)35-15-19-4-5-19/h10-11,14,16,18-19,21-22,28,36H,4-9,12-13,15,17H2,1-3H3,(H,34,35). The van der Waals surface area contributed by atoms with Crippen LogP contribution in [0, 0.1) is 5.92 Å². The summed E-state index contributed by atoms with van der Waals surface area (Å²) < 4.78 is 40.7. The van der Waals surface area contributed by atoms with Gasteiger partial charge in [0.2, 0.25) is 11.8 Å². The fourth-order valence-electron chi connectivity index (χ4n) is 5.87. The van der Waals surface area contributed by atoms with Crippen molar-refractivity contribution in [2.75, 3.05) is 36.8 Å². The fourth-order valence-corrected chi connectivity index (χ4v) is 5.87. The molecule has 2 N–H and O–H groups in total. The highest BCUT2D eigenvalue weighted by Crippen LogP contribution is 2.36. The van der Waals surface area contributed by atoms with Gasteiger partial charge in [-0.05, 0) is 77.3 Å². The first kappa shape index (κ1) is 30.8. The lowest BCUT2D eigenvalue weighted by Gasteiger charge is -2.41. The molecular formula is C31H40F2N8O4. The van der Waals surface area contributed by atoms with Crippen molar-refractivity contribution in [1.29, 1.82) is 0 Å². The number of aromatic nitrogens is 4. The number of hydrogen-bond acceptors (Lipinski definition) is 9. The molecule has 3 aromatic heterocycles. The lowest BCUT2D eigenvalue weighted by Crippen LogP contribution is -2.56. The van der Waals surface area contributed by atoms with Gasteiger partial charge in [-0.2, -0.15) is 10.1 Å². The van der Waals surface area contributed by atoms with Crippen LogP contribution in [0.5, 0.6) is 0 Å². The van der Waals surface area contributed by atoms with Crippen LogP contribution in [0.4, 0.5) is 30.9 Å². The first-order valence-electron chi connectivity index (χ1n) is 15.6. The van der Waals surface area contributed by atoms with Crippen molar-refractivity contribution in [1.82, 2.24) is 29.5 Å². The van der Waals surface area contributed by atoms with E-state index in [0.29, 0.717) is 56.4 Å². The van der Waals surface area contributed by atoms with Crippen molar-refractivity contribution in [3.8, 4) is 11.5 Å². The minimum Gasteiger partial charge on any atom is -0.444 e. The number of nitrogens with one attached hydrogen (secondary N) is 2. The zero-order valence-electron chi connectivity index (χ0n) is 25.8. The highest BCUT2D eigenvalue weighted by atomic mass is 19.3. The third-order valence-corrected chi connectivity index (χ3v) is 8.40. The van der Waals surface area contributed by atoms with Gasteiger partial charge >= 0.3 is 6.09 Å². The van der Waals surface area contributed by atoms with Crippen LogP contribution < -0.4 is 10.6 Å². The molecule has 2 aliphatic carbocycles. The molecule has 14 heteroatoms. The number of hydrogen-bond donors (Lipinski definition) is 2. The number of anilines is 3. The summed E-state index contributed by atoms with van der Waals surface area (Å²) in [7, 11) is 0. The molecule has 2 saturated carbocycles. The summed E-state index contributed by atoms with van der Waals surface area (Å²) in [5.41, 5.74) is -0.0913. The number of amides is 2. The van der Waals surface area contributed by atoms with Gasteiger partial charge in [0.25, 0.3) is 6.43 Å². The summed E-state index contributed by atoms with van der Waals surface area (Å²) >= 11 is 0. The minimum absolute atomic E-state index is 0.00975. The lowest BCUT2D eigenvalue weighted by atomic mass is 9.90. The van der Waals surface area contributed by atoms with Gasteiger partial charge in [-0.25, -0.2) is 18.6 Å². The number of piperazine rings is 1. The first-order chi connectivity index (χ1) is 21.5. The second-order valence-electron chi connectivity index (χ2n) is 13.1. The molecule has 6 rings (SSSR count). The Kier molecular flexibility index (Phi) is 8.65. The van der Waals surface area contributed by atoms with Gasteiger partial charge in [-0.1, -0.05) is 0 Å². The molecule has 45 heavy (non-hydrogen) atoms. The van der Waals surface area contributed by atoms with Gasteiger partial charge in [0, 0.05) is 43.6 Å². The Morgan fingerprint density at radius 2 is 1.87 bits per heavy atom. The van der Waals surface area contributed by atoms with E-state index in [-0.39, 0.29) is 35.9 Å². The van der Waals surface area contributed by atoms with Crippen molar-refractivity contribution in [2.45, 2.75) is 83.4 Å². The molecule has 1 saturated heterocycles. The molecular weight excluding hydrogens is 586 g/mol. The molecule has 3 aromatic rings. The second kappa shape index (κ2) is 12.6. The third-order valence-electron chi connectivity index (χ3n) is 8.40. The van der Waals surface area contributed by atoms with Crippen molar-refractivity contribution in [3.05, 3.63) is 36.5 Å². The van der Waals surface area contributed by atoms with E-state index >= 15 is 0 Å². The quantitative estimate of drug-likeness (QED) is 0.294. The zero-order valence-corrected chi connectivity index (χ0v) is 25.8. The molecule has 242 valence electrons. The molecule has 1 aliphatic heterocycles. The maximum atomic E-state index is 14.0. The van der Waals surface area contributed by atoms with Crippen LogP contribution in [-0.2, 0) is 9.53 Å². The van der Waals surface area contributed by atoms with Crippen LogP contribution in [0.1, 0.15) is 77.5 Å². The van der Waals surface area contributed by atoms with Crippen LogP contribution >= 0.6 is 0 Å². The Morgan fingerprint density at radius 1 is 1.11 bits per heavy atom. The van der Waals surface area contributed by atoms with Gasteiger partial charge in [-0.3, -0.25) is 14.4 Å². The maximum absolute atomic E-state index is 14.0. The first-order valence-corrected chi connectivity index (χ1v) is 15.6. The Morgan fingerprint density at radius 3 is 2.56 bits per heavy atom. The summed E-state index contributed by atoms with van der Waals surface area (Å²) in [6.45, 7) is 7.10. The van der Waals surface area contributed by atoms with Gasteiger partial charge in [0.15, 0.2) is 11.5 Å². The van der Waals surface area contributed by atoms with E-state index in [2.05, 4.69) is 25.7 Å². The maximum Gasteiger partial charge on any atom is 0.410 e. The number of alkyl halides is 2. The summed E-state index contributed by atoms with van der Waals surface area (Å²) in [4.78, 5) is 37.4. The van der Waals surface area contributed by atoms with Crippen LogP contribution in [0.2, 0.25) is 0 Å². The second-order valence-corrected chi connectivity index (χ2v) is 13.1. The summed E-state index contributed by atoms with van der Waals surface area (Å²) in [6.07, 6.45) is 6.66. The molecule has 0 spiro atoms. The predicted octanol–water partition coefficient (Wildman–Crippen LogP) is 6.00. The van der Waals surface area contributed by atoms with Gasteiger partial charge < -0.3 is 24.7 Å². The van der Waals surface area contributed by atoms with Crippen LogP contribution in [0.15, 0.2) is 35.2 Å². The molecule has 0 bridgehead atoms. The highest BCUT2D eigenvalue weighted by molar-refractivity contribution is 5.84. The van der Waals surface area contributed by atoms with Crippen molar-refractivity contribution in [2.24, 2.45) is 5.92 Å². The molecule has 0 radical (unpaired) electrons. The molecule has 2 amide bonds. The highest BCUT2D eigenvalue weighted by Gasteiger charge is 2.36. The number of nitrogens with zero attached hydrogens (tertiary/aromatic N) is 6. The average Bonchev–Trinajstić information content (AvgIpc) is 3.55. The molecule has 0 atom stereocenters. The van der Waals surface area contributed by atoms with Gasteiger partial charge in [0.1, 0.15) is 24.2 Å². The van der Waals surface area contributed by atoms with Gasteiger partial charge in [0.05, 0.1) is 11.7 Å². The molecule has 0 unspecified atom stereocenters. The van der Waals surface area contributed by atoms with Gasteiger partial charge in [-0.15, -0.1) is 0 Å². The van der Waals surface area contributed by atoms with E-state index in [9.17, 15) is 18.4 Å². The Labute approximate surface area is 260 Å². The van der Waals surface area contributed by atoms with Crippen molar-refractivity contribution < 1.29 is 27.5 Å². The molecule has 12 nitrogen and oxygen atoms in total. The number of rotatable bonds is 9. The van der Waals surface area contributed by atoms with Crippen molar-refractivity contribution >= 4 is 29.3 Å². The number of ether oxygens (including phenoxy) is 1. The number of pyridine rings is 1. The third kappa shape index (κ3) is 7.54. The molecule has 3 aliphatic rings. The van der Waals surface area contributed by atoms with Crippen LogP contribution in [-0.4, -0.2) is 79.4 Å². The van der Waals surface area contributed by atoms with E-state index in [4.69, 9.17) is 9.15 Å². The lowest BCUT2D eigenvalue weighted by molar-refractivity contribution is -0.139.